The predicted molar refractivity (Wildman–Crippen MR) is 49.9 cm³/mol. The van der Waals surface area contributed by atoms with Gasteiger partial charge in [0.1, 0.15) is 6.61 Å². The van der Waals surface area contributed by atoms with Gasteiger partial charge in [0.2, 0.25) is 0 Å². The van der Waals surface area contributed by atoms with Gasteiger partial charge in [0.05, 0.1) is 0 Å². The monoisotopic (exact) mass is 482 g/mol. The summed E-state index contributed by atoms with van der Waals surface area (Å²) in [5, 5.41) is 8.01. The second-order valence-corrected chi connectivity index (χ2v) is 4.79. The molecule has 0 amide bonds. The van der Waals surface area contributed by atoms with Crippen LogP contribution >= 0.6 is 0 Å². The molecule has 20 heteroatoms. The molecule has 0 aliphatic rings. The van der Waals surface area contributed by atoms with Gasteiger partial charge in [-0.2, -0.15) is 74.6 Å². The standard InChI is InChI=1S/C9H3F17O3/c10-2(1-27,5(14,15)16)28-9(25,26)4(13,7(20,21)22)29-8(23,24)3(11,12)6(17,18)19/h27H,1H2/t2-,4+/m1/s1. The maximum atomic E-state index is 13.5. The van der Waals surface area contributed by atoms with Crippen molar-refractivity contribution in [1.29, 1.82) is 0 Å². The maximum Gasteiger partial charge on any atom is 0.462 e. The third-order valence-corrected chi connectivity index (χ3v) is 2.65. The van der Waals surface area contributed by atoms with Crippen molar-refractivity contribution in [3.63, 3.8) is 0 Å². The van der Waals surface area contributed by atoms with Crippen LogP contribution < -0.4 is 0 Å². The van der Waals surface area contributed by atoms with E-state index in [1.807, 2.05) is 0 Å². The molecule has 0 unspecified atom stereocenters. The number of hydrogen-bond donors (Lipinski definition) is 1. The number of ether oxygens (including phenoxy) is 2. The van der Waals surface area contributed by atoms with E-state index in [1.165, 1.54) is 4.74 Å². The number of aliphatic hydroxyl groups excluding tert-OH is 1. The van der Waals surface area contributed by atoms with Crippen LogP contribution in [0.2, 0.25) is 0 Å². The summed E-state index contributed by atoms with van der Waals surface area (Å²) in [6, 6.07) is 0. The number of hydrogen-bond acceptors (Lipinski definition) is 3. The highest BCUT2D eigenvalue weighted by molar-refractivity contribution is 4.94. The van der Waals surface area contributed by atoms with Crippen molar-refractivity contribution >= 4 is 0 Å². The van der Waals surface area contributed by atoms with E-state index in [0.717, 1.165) is 0 Å². The summed E-state index contributed by atoms with van der Waals surface area (Å²) in [6.07, 6.45) is -37.9. The molecule has 0 aliphatic carbocycles. The van der Waals surface area contributed by atoms with E-state index in [1.54, 1.807) is 4.74 Å². The number of alkyl halides is 17. The molecule has 0 aliphatic heterocycles. The molecule has 176 valence electrons. The van der Waals surface area contributed by atoms with Gasteiger partial charge >= 0.3 is 48.4 Å². The van der Waals surface area contributed by atoms with Crippen molar-refractivity contribution in [2.75, 3.05) is 6.61 Å². The van der Waals surface area contributed by atoms with E-state index in [-0.39, 0.29) is 0 Å². The lowest BCUT2D eigenvalue weighted by Crippen LogP contribution is -2.67. The minimum atomic E-state index is -7.92. The quantitative estimate of drug-likeness (QED) is 0.528. The van der Waals surface area contributed by atoms with Crippen molar-refractivity contribution in [2.45, 2.75) is 48.4 Å². The lowest BCUT2D eigenvalue weighted by atomic mass is 10.2. The highest BCUT2D eigenvalue weighted by Crippen LogP contribution is 2.56. The fourth-order valence-corrected chi connectivity index (χ4v) is 1.14. The first-order valence-electron chi connectivity index (χ1n) is 5.95. The first-order valence-corrected chi connectivity index (χ1v) is 5.95. The molecule has 1 N–H and O–H groups in total. The second-order valence-electron chi connectivity index (χ2n) is 4.79. The van der Waals surface area contributed by atoms with E-state index in [2.05, 4.69) is 0 Å². The van der Waals surface area contributed by atoms with Gasteiger partial charge in [-0.1, -0.05) is 0 Å². The normalized spacial score (nSPS) is 19.7. The zero-order chi connectivity index (χ0) is 24.1. The average molecular weight is 482 g/mol. The molecule has 0 saturated heterocycles. The van der Waals surface area contributed by atoms with Crippen LogP contribution in [0.15, 0.2) is 0 Å². The van der Waals surface area contributed by atoms with Crippen molar-refractivity contribution in [3.05, 3.63) is 0 Å². The van der Waals surface area contributed by atoms with E-state index >= 15 is 0 Å². The van der Waals surface area contributed by atoms with Crippen LogP contribution in [-0.2, 0) is 9.47 Å². The fraction of sp³-hybridized carbons (Fsp3) is 1.00. The Morgan fingerprint density at radius 2 is 0.862 bits per heavy atom. The summed E-state index contributed by atoms with van der Waals surface area (Å²) in [6.45, 7) is -3.37. The van der Waals surface area contributed by atoms with Crippen molar-refractivity contribution < 1.29 is 89.2 Å². The zero-order valence-electron chi connectivity index (χ0n) is 12.4. The van der Waals surface area contributed by atoms with Crippen LogP contribution in [0.1, 0.15) is 0 Å². The predicted octanol–water partition coefficient (Wildman–Crippen LogP) is 4.85. The molecular weight excluding hydrogens is 479 g/mol. The van der Waals surface area contributed by atoms with E-state index in [0.29, 0.717) is 0 Å². The minimum Gasteiger partial charge on any atom is -0.390 e. The third-order valence-electron chi connectivity index (χ3n) is 2.65. The lowest BCUT2D eigenvalue weighted by molar-refractivity contribution is -0.552. The Morgan fingerprint density at radius 1 is 0.483 bits per heavy atom. The molecular formula is C9H3F17O3. The number of halogens is 17. The van der Waals surface area contributed by atoms with Crippen molar-refractivity contribution in [1.82, 2.24) is 0 Å². The van der Waals surface area contributed by atoms with Crippen LogP contribution in [0.5, 0.6) is 0 Å². The van der Waals surface area contributed by atoms with Gasteiger partial charge < -0.3 is 5.11 Å². The van der Waals surface area contributed by atoms with Crippen LogP contribution in [0.3, 0.4) is 0 Å². The van der Waals surface area contributed by atoms with Gasteiger partial charge in [-0.25, -0.2) is 0 Å². The molecule has 0 aromatic carbocycles. The molecule has 0 spiro atoms. The summed E-state index contributed by atoms with van der Waals surface area (Å²) >= 11 is 0. The summed E-state index contributed by atoms with van der Waals surface area (Å²) in [5.74, 6) is -22.1. The zero-order valence-corrected chi connectivity index (χ0v) is 12.4. The molecule has 0 heterocycles. The Hall–Kier alpha value is -1.31. The summed E-state index contributed by atoms with van der Waals surface area (Å²) in [5.41, 5.74) is 0. The molecule has 3 nitrogen and oxygen atoms in total. The van der Waals surface area contributed by atoms with E-state index in [9.17, 15) is 74.6 Å². The summed E-state index contributed by atoms with van der Waals surface area (Å²) in [7, 11) is 0. The Kier molecular flexibility index (Phi) is 6.81. The molecule has 0 aromatic heterocycles. The Labute approximate surface area is 145 Å². The molecule has 0 saturated carbocycles. The number of rotatable bonds is 7. The highest BCUT2D eigenvalue weighted by atomic mass is 19.4. The van der Waals surface area contributed by atoms with Gasteiger partial charge in [0.15, 0.2) is 0 Å². The van der Waals surface area contributed by atoms with Crippen molar-refractivity contribution in [2.24, 2.45) is 0 Å². The number of aliphatic hydroxyl groups is 1. The average Bonchev–Trinajstić information content (AvgIpc) is 2.42. The minimum absolute atomic E-state index is 1.26. The SMILES string of the molecule is OC[C@@](F)(OC(F)(F)[C@@](F)(OC(F)(F)C(F)(F)C(F)(F)F)C(F)(F)F)C(F)(F)F. The first kappa shape index (κ1) is 27.7. The van der Waals surface area contributed by atoms with Crippen LogP contribution in [0, 0.1) is 0 Å². The first-order chi connectivity index (χ1) is 12.2. The van der Waals surface area contributed by atoms with Gasteiger partial charge in [-0.3, -0.25) is 9.47 Å². The van der Waals surface area contributed by atoms with Crippen LogP contribution in [0.4, 0.5) is 74.6 Å². The molecule has 0 aromatic rings. The maximum absolute atomic E-state index is 13.5. The van der Waals surface area contributed by atoms with Crippen LogP contribution in [-0.4, -0.2) is 60.1 Å². The molecule has 0 rings (SSSR count). The molecule has 0 fully saturated rings. The van der Waals surface area contributed by atoms with E-state index in [4.69, 9.17) is 5.11 Å². The lowest BCUT2D eigenvalue weighted by Gasteiger charge is -2.40. The Balaban J connectivity index is 6.48. The smallest absolute Gasteiger partial charge is 0.390 e. The van der Waals surface area contributed by atoms with Crippen molar-refractivity contribution in [3.8, 4) is 0 Å². The fourth-order valence-electron chi connectivity index (χ4n) is 1.14. The highest BCUT2D eigenvalue weighted by Gasteiger charge is 2.85. The van der Waals surface area contributed by atoms with Gasteiger partial charge in [-0.05, 0) is 0 Å². The van der Waals surface area contributed by atoms with E-state index < -0.39 is 55.0 Å². The van der Waals surface area contributed by atoms with Gasteiger partial charge in [0.25, 0.3) is 0 Å². The largest absolute Gasteiger partial charge is 0.462 e. The molecule has 29 heavy (non-hydrogen) atoms. The molecule has 0 radical (unpaired) electrons. The van der Waals surface area contributed by atoms with Gasteiger partial charge in [0, 0.05) is 0 Å². The topological polar surface area (TPSA) is 38.7 Å². The molecule has 0 bridgehead atoms. The summed E-state index contributed by atoms with van der Waals surface area (Å²) in [4.78, 5) is 0. The van der Waals surface area contributed by atoms with Gasteiger partial charge in [-0.15, -0.1) is 0 Å². The van der Waals surface area contributed by atoms with Crippen LogP contribution in [0.25, 0.3) is 0 Å². The third kappa shape index (κ3) is 4.72. The Morgan fingerprint density at radius 3 is 1.10 bits per heavy atom. The Bertz CT molecular complexity index is 576. The second kappa shape index (κ2) is 7.13. The molecule has 2 atom stereocenters. The summed E-state index contributed by atoms with van der Waals surface area (Å²) < 4.78 is 216.